The van der Waals surface area contributed by atoms with Crippen molar-refractivity contribution >= 4 is 18.2 Å². The average molecular weight is 588 g/mol. The number of aliphatic hydroxyl groups is 1. The summed E-state index contributed by atoms with van der Waals surface area (Å²) >= 11 is 0. The molecule has 1 heterocycles. The molecule has 3 aromatic rings. The molecule has 0 atom stereocenters. The van der Waals surface area contributed by atoms with Crippen LogP contribution in [0.25, 0.3) is 0 Å². The number of ether oxygens (including phenoxy) is 2. The normalized spacial score (nSPS) is 14.4. The van der Waals surface area contributed by atoms with Gasteiger partial charge in [-0.2, -0.15) is 0 Å². The highest BCUT2D eigenvalue weighted by molar-refractivity contribution is 5.94. The molecule has 0 radical (unpaired) electrons. The summed E-state index contributed by atoms with van der Waals surface area (Å²) in [6.45, 7) is 4.86. The van der Waals surface area contributed by atoms with E-state index in [0.29, 0.717) is 34.8 Å². The van der Waals surface area contributed by atoms with Crippen LogP contribution in [0.5, 0.6) is 11.5 Å². The lowest BCUT2D eigenvalue weighted by atomic mass is 9.72. The van der Waals surface area contributed by atoms with Crippen LogP contribution >= 0.6 is 12.4 Å². The largest absolute Gasteiger partial charge is 0.493 e. The fraction of sp³-hybridized carbons (Fsp3) is 0.424. The smallest absolute Gasteiger partial charge is 0.161 e. The first kappa shape index (κ1) is 32.5. The molecule has 41 heavy (non-hydrogen) atoms. The average Bonchev–Trinajstić information content (AvgIpc) is 2.97. The number of ketones is 1. The maximum atomic E-state index is 13.6. The summed E-state index contributed by atoms with van der Waals surface area (Å²) in [7, 11) is 1.57. The Morgan fingerprint density at radius 2 is 1.44 bits per heavy atom. The first-order valence-corrected chi connectivity index (χ1v) is 14.1. The van der Waals surface area contributed by atoms with Gasteiger partial charge in [0.1, 0.15) is 17.2 Å². The van der Waals surface area contributed by atoms with Crippen LogP contribution in [0.15, 0.2) is 66.7 Å². The Hall–Kier alpha value is -3.00. The molecule has 1 aliphatic rings. The van der Waals surface area contributed by atoms with Gasteiger partial charge in [0.25, 0.3) is 0 Å². The van der Waals surface area contributed by atoms with Crippen LogP contribution < -0.4 is 9.47 Å². The predicted octanol–water partition coefficient (Wildman–Crippen LogP) is 7.19. The maximum absolute atomic E-state index is 13.6. The number of piperidine rings is 1. The van der Waals surface area contributed by atoms with Crippen molar-refractivity contribution in [2.45, 2.75) is 51.0 Å². The summed E-state index contributed by atoms with van der Waals surface area (Å²) in [6.07, 6.45) is 5.76. The zero-order chi connectivity index (χ0) is 28.5. The monoisotopic (exact) mass is 587 g/mol. The van der Waals surface area contributed by atoms with Gasteiger partial charge in [-0.25, -0.2) is 8.78 Å². The third-order valence-electron chi connectivity index (χ3n) is 7.94. The van der Waals surface area contributed by atoms with Gasteiger partial charge in [0.15, 0.2) is 17.3 Å². The summed E-state index contributed by atoms with van der Waals surface area (Å²) in [5.74, 6) is 0.451. The molecule has 0 unspecified atom stereocenters. The lowest BCUT2D eigenvalue weighted by Gasteiger charge is -2.42. The van der Waals surface area contributed by atoms with Gasteiger partial charge in [-0.05, 0) is 112 Å². The molecule has 3 aromatic carbocycles. The Morgan fingerprint density at radius 1 is 0.878 bits per heavy atom. The SMILES string of the molecule is COc1cc(C(C)=O)ccc1OCCCCCCN1CCC(C(O)(c2ccc(F)cc2)c2ccc(F)cc2)CC1.Cl. The van der Waals surface area contributed by atoms with E-state index in [4.69, 9.17) is 9.47 Å². The third kappa shape index (κ3) is 8.28. The molecule has 4 rings (SSSR count). The number of unbranched alkanes of at least 4 members (excludes halogenated alkanes) is 3. The van der Waals surface area contributed by atoms with E-state index in [0.717, 1.165) is 58.2 Å². The molecule has 222 valence electrons. The van der Waals surface area contributed by atoms with Crippen molar-refractivity contribution in [3.05, 3.63) is 95.1 Å². The highest BCUT2D eigenvalue weighted by atomic mass is 35.5. The van der Waals surface area contributed by atoms with Gasteiger partial charge in [0.2, 0.25) is 0 Å². The fourth-order valence-electron chi connectivity index (χ4n) is 5.60. The van der Waals surface area contributed by atoms with Gasteiger partial charge in [0, 0.05) is 5.56 Å². The summed E-state index contributed by atoms with van der Waals surface area (Å²) < 4.78 is 38.5. The van der Waals surface area contributed by atoms with Crippen LogP contribution in [-0.4, -0.2) is 49.1 Å². The summed E-state index contributed by atoms with van der Waals surface area (Å²) in [6, 6.07) is 17.2. The van der Waals surface area contributed by atoms with Gasteiger partial charge in [-0.3, -0.25) is 4.79 Å². The van der Waals surface area contributed by atoms with Crippen LogP contribution in [-0.2, 0) is 5.60 Å². The zero-order valence-corrected chi connectivity index (χ0v) is 24.6. The Labute approximate surface area is 247 Å². The second-order valence-corrected chi connectivity index (χ2v) is 10.6. The van der Waals surface area contributed by atoms with Crippen LogP contribution in [0.2, 0.25) is 0 Å². The Kier molecular flexibility index (Phi) is 12.1. The molecular formula is C33H40ClF2NO4. The fourth-order valence-corrected chi connectivity index (χ4v) is 5.60. The van der Waals surface area contributed by atoms with Gasteiger partial charge < -0.3 is 19.5 Å². The van der Waals surface area contributed by atoms with Crippen molar-refractivity contribution in [1.29, 1.82) is 0 Å². The number of carbonyl (C=O) groups is 1. The lowest BCUT2D eigenvalue weighted by Crippen LogP contribution is -2.44. The molecule has 0 aliphatic carbocycles. The molecule has 0 saturated carbocycles. The van der Waals surface area contributed by atoms with Gasteiger partial charge in [-0.15, -0.1) is 12.4 Å². The molecule has 0 bridgehead atoms. The minimum atomic E-state index is -1.30. The standard InChI is InChI=1S/C33H39F2NO4.ClH/c1-24(37)25-7-16-31(32(23-25)39-2)40-22-6-4-3-5-19-36-20-17-28(18-21-36)33(38,26-8-12-29(34)13-9-26)27-10-14-30(35)15-11-27;/h7-16,23,28,38H,3-6,17-22H2,1-2H3;1H. The number of Topliss-reactive ketones (excluding diaryl/α,β-unsaturated/α-hetero) is 1. The minimum absolute atomic E-state index is 0. The number of hydrogen-bond acceptors (Lipinski definition) is 5. The number of carbonyl (C=O) groups excluding carboxylic acids is 1. The van der Waals surface area contributed by atoms with E-state index in [2.05, 4.69) is 4.90 Å². The second-order valence-electron chi connectivity index (χ2n) is 10.6. The lowest BCUT2D eigenvalue weighted by molar-refractivity contribution is -0.0144. The van der Waals surface area contributed by atoms with E-state index < -0.39 is 5.60 Å². The second kappa shape index (κ2) is 15.3. The summed E-state index contributed by atoms with van der Waals surface area (Å²) in [5, 5.41) is 12.0. The Balaban J connectivity index is 0.00000462. The van der Waals surface area contributed by atoms with Gasteiger partial charge in [-0.1, -0.05) is 37.1 Å². The quantitative estimate of drug-likeness (QED) is 0.169. The molecule has 1 fully saturated rings. The van der Waals surface area contributed by atoms with E-state index in [-0.39, 0.29) is 35.7 Å². The zero-order valence-electron chi connectivity index (χ0n) is 23.8. The summed E-state index contributed by atoms with van der Waals surface area (Å²) in [4.78, 5) is 14.0. The van der Waals surface area contributed by atoms with Gasteiger partial charge in [0.05, 0.1) is 13.7 Å². The number of rotatable bonds is 13. The van der Waals surface area contributed by atoms with E-state index in [1.807, 2.05) is 0 Å². The molecular weight excluding hydrogens is 548 g/mol. The summed E-state index contributed by atoms with van der Waals surface area (Å²) in [5.41, 5.74) is 0.564. The van der Waals surface area contributed by atoms with E-state index in [1.54, 1.807) is 49.6 Å². The number of nitrogens with zero attached hydrogens (tertiary/aromatic N) is 1. The van der Waals surface area contributed by atoms with E-state index in [1.165, 1.54) is 31.2 Å². The predicted molar refractivity (Wildman–Crippen MR) is 159 cm³/mol. The molecule has 1 N–H and O–H groups in total. The Bertz CT molecular complexity index is 1200. The molecule has 0 amide bonds. The molecule has 0 aromatic heterocycles. The van der Waals surface area contributed by atoms with Crippen molar-refractivity contribution in [2.24, 2.45) is 5.92 Å². The number of likely N-dealkylation sites (tertiary alicyclic amines) is 1. The van der Waals surface area contributed by atoms with E-state index >= 15 is 0 Å². The topological polar surface area (TPSA) is 59.0 Å². The van der Waals surface area contributed by atoms with Crippen molar-refractivity contribution in [1.82, 2.24) is 4.90 Å². The number of methoxy groups -OCH3 is 1. The molecule has 5 nitrogen and oxygen atoms in total. The van der Waals surface area contributed by atoms with Crippen molar-refractivity contribution in [3.8, 4) is 11.5 Å². The van der Waals surface area contributed by atoms with Crippen molar-refractivity contribution in [3.63, 3.8) is 0 Å². The first-order valence-electron chi connectivity index (χ1n) is 14.1. The molecule has 8 heteroatoms. The number of halogens is 3. The molecule has 1 saturated heterocycles. The highest BCUT2D eigenvalue weighted by Crippen LogP contribution is 2.42. The number of hydrogen-bond donors (Lipinski definition) is 1. The highest BCUT2D eigenvalue weighted by Gasteiger charge is 2.41. The van der Waals surface area contributed by atoms with Gasteiger partial charge >= 0.3 is 0 Å². The van der Waals surface area contributed by atoms with Crippen LogP contribution in [0.4, 0.5) is 8.78 Å². The van der Waals surface area contributed by atoms with Crippen molar-refractivity contribution in [2.75, 3.05) is 33.4 Å². The van der Waals surface area contributed by atoms with Crippen LogP contribution in [0.3, 0.4) is 0 Å². The van der Waals surface area contributed by atoms with Crippen molar-refractivity contribution < 1.29 is 28.2 Å². The first-order chi connectivity index (χ1) is 19.3. The minimum Gasteiger partial charge on any atom is -0.493 e. The molecule has 1 aliphatic heterocycles. The third-order valence-corrected chi connectivity index (χ3v) is 7.94. The van der Waals surface area contributed by atoms with Crippen LogP contribution in [0.1, 0.15) is 66.9 Å². The Morgan fingerprint density at radius 3 is 1.98 bits per heavy atom. The van der Waals surface area contributed by atoms with Crippen LogP contribution in [0, 0.1) is 17.6 Å². The maximum Gasteiger partial charge on any atom is 0.161 e. The van der Waals surface area contributed by atoms with E-state index in [9.17, 15) is 18.7 Å². The number of benzene rings is 3. The molecule has 0 spiro atoms.